The summed E-state index contributed by atoms with van der Waals surface area (Å²) in [5, 5.41) is 12.9. The lowest BCUT2D eigenvalue weighted by molar-refractivity contribution is 0.108. The topological polar surface area (TPSA) is 38.7 Å². The molecule has 0 aromatic rings. The van der Waals surface area contributed by atoms with Crippen molar-refractivity contribution < 1.29 is 5.11 Å². The Kier molecular flexibility index (Phi) is 5.23. The maximum Gasteiger partial charge on any atom is 0.0613 e. The number of hydrogen-bond acceptors (Lipinski definition) is 4. The number of nitrogens with zero attached hydrogens (tertiary/aromatic N) is 2. The van der Waals surface area contributed by atoms with E-state index >= 15 is 0 Å². The molecule has 2 rings (SSSR count). The fourth-order valence-corrected chi connectivity index (χ4v) is 3.88. The molecule has 2 N–H and O–H groups in total. The summed E-state index contributed by atoms with van der Waals surface area (Å²) in [5.41, 5.74) is -0.00878. The highest BCUT2D eigenvalue weighted by Crippen LogP contribution is 2.34. The molecule has 0 aromatic carbocycles. The van der Waals surface area contributed by atoms with Crippen LogP contribution >= 0.6 is 0 Å². The highest BCUT2D eigenvalue weighted by molar-refractivity contribution is 4.99. The summed E-state index contributed by atoms with van der Waals surface area (Å²) in [6, 6.07) is 0.680. The number of likely N-dealkylation sites (N-methyl/N-ethyl adjacent to an activating group) is 1. The van der Waals surface area contributed by atoms with Gasteiger partial charge in [0.05, 0.1) is 6.61 Å². The first-order valence-electron chi connectivity index (χ1n) is 7.77. The average Bonchev–Trinajstić information content (AvgIpc) is 2.84. The third kappa shape index (κ3) is 3.69. The van der Waals surface area contributed by atoms with Crippen LogP contribution in [0.2, 0.25) is 0 Å². The molecule has 4 nitrogen and oxygen atoms in total. The zero-order valence-corrected chi connectivity index (χ0v) is 12.9. The Morgan fingerprint density at radius 3 is 2.42 bits per heavy atom. The number of nitrogens with one attached hydrogen (secondary N) is 1. The minimum absolute atomic E-state index is 0.00878. The van der Waals surface area contributed by atoms with E-state index < -0.39 is 0 Å². The van der Waals surface area contributed by atoms with Crippen LogP contribution in [0.5, 0.6) is 0 Å². The molecule has 4 heteroatoms. The second kappa shape index (κ2) is 6.53. The van der Waals surface area contributed by atoms with Crippen molar-refractivity contribution in [3.05, 3.63) is 0 Å². The Morgan fingerprint density at radius 1 is 1.26 bits per heavy atom. The molecule has 2 atom stereocenters. The summed E-state index contributed by atoms with van der Waals surface area (Å²) in [5.74, 6) is 0.875. The van der Waals surface area contributed by atoms with E-state index in [0.29, 0.717) is 6.04 Å². The highest BCUT2D eigenvalue weighted by atomic mass is 16.3. The van der Waals surface area contributed by atoms with E-state index in [1.165, 1.54) is 38.9 Å². The summed E-state index contributed by atoms with van der Waals surface area (Å²) in [4.78, 5) is 4.98. The normalized spacial score (nSPS) is 34.3. The first-order chi connectivity index (χ1) is 9.08. The number of piperidine rings is 1. The number of hydrogen-bond donors (Lipinski definition) is 2. The van der Waals surface area contributed by atoms with Gasteiger partial charge in [-0.2, -0.15) is 0 Å². The third-order valence-corrected chi connectivity index (χ3v) is 5.20. The monoisotopic (exact) mass is 269 g/mol. The van der Waals surface area contributed by atoms with Crippen molar-refractivity contribution in [2.24, 2.45) is 5.92 Å². The molecule has 2 unspecified atom stereocenters. The van der Waals surface area contributed by atoms with Crippen LogP contribution in [0.3, 0.4) is 0 Å². The maximum atomic E-state index is 9.59. The predicted octanol–water partition coefficient (Wildman–Crippen LogP) is 0.763. The van der Waals surface area contributed by atoms with Gasteiger partial charge < -0.3 is 20.2 Å². The van der Waals surface area contributed by atoms with Gasteiger partial charge in [-0.1, -0.05) is 0 Å². The summed E-state index contributed by atoms with van der Waals surface area (Å²) in [7, 11) is 6.33. The molecule has 2 aliphatic rings. The van der Waals surface area contributed by atoms with Gasteiger partial charge >= 0.3 is 0 Å². The standard InChI is InChI=1S/C15H31N3O/c1-16-15(12-19)7-4-14(10-15)18-8-5-13(6-9-18)11-17(2)3/h13-14,16,19H,4-12H2,1-3H3. The molecule has 1 saturated carbocycles. The molecule has 2 fully saturated rings. The molecular weight excluding hydrogens is 238 g/mol. The van der Waals surface area contributed by atoms with Crippen molar-refractivity contribution in [2.45, 2.75) is 43.7 Å². The molecule has 19 heavy (non-hydrogen) atoms. The first-order valence-corrected chi connectivity index (χ1v) is 7.77. The molecule has 1 aliphatic carbocycles. The van der Waals surface area contributed by atoms with E-state index in [-0.39, 0.29) is 12.1 Å². The zero-order chi connectivity index (χ0) is 13.9. The highest BCUT2D eigenvalue weighted by Gasteiger charge is 2.40. The zero-order valence-electron chi connectivity index (χ0n) is 12.9. The lowest BCUT2D eigenvalue weighted by Crippen LogP contribution is -2.47. The third-order valence-electron chi connectivity index (χ3n) is 5.20. The van der Waals surface area contributed by atoms with Crippen molar-refractivity contribution in [1.82, 2.24) is 15.1 Å². The van der Waals surface area contributed by atoms with Gasteiger partial charge in [0.2, 0.25) is 0 Å². The van der Waals surface area contributed by atoms with Gasteiger partial charge in [-0.05, 0) is 72.3 Å². The molecule has 1 heterocycles. The lowest BCUT2D eigenvalue weighted by atomic mass is 9.94. The minimum Gasteiger partial charge on any atom is -0.394 e. The molecular formula is C15H31N3O. The van der Waals surface area contributed by atoms with Crippen molar-refractivity contribution in [2.75, 3.05) is 47.4 Å². The van der Waals surface area contributed by atoms with Crippen LogP contribution in [0.25, 0.3) is 0 Å². The Balaban J connectivity index is 1.79. The van der Waals surface area contributed by atoms with Crippen LogP contribution < -0.4 is 5.32 Å². The van der Waals surface area contributed by atoms with Crippen LogP contribution in [0, 0.1) is 5.92 Å². The molecule has 0 aromatic heterocycles. The van der Waals surface area contributed by atoms with Gasteiger partial charge in [-0.3, -0.25) is 0 Å². The maximum absolute atomic E-state index is 9.59. The second-order valence-electron chi connectivity index (χ2n) is 6.83. The molecule has 1 aliphatic heterocycles. The van der Waals surface area contributed by atoms with Crippen molar-refractivity contribution in [3.63, 3.8) is 0 Å². The largest absolute Gasteiger partial charge is 0.394 e. The van der Waals surface area contributed by atoms with Gasteiger partial charge in [0.15, 0.2) is 0 Å². The Hall–Kier alpha value is -0.160. The fourth-order valence-electron chi connectivity index (χ4n) is 3.88. The average molecular weight is 269 g/mol. The van der Waals surface area contributed by atoms with Crippen molar-refractivity contribution in [3.8, 4) is 0 Å². The van der Waals surface area contributed by atoms with Gasteiger partial charge in [0.1, 0.15) is 0 Å². The molecule has 1 saturated heterocycles. The van der Waals surface area contributed by atoms with E-state index in [1.54, 1.807) is 0 Å². The van der Waals surface area contributed by atoms with Crippen molar-refractivity contribution in [1.29, 1.82) is 0 Å². The van der Waals surface area contributed by atoms with Gasteiger partial charge in [0.25, 0.3) is 0 Å². The number of rotatable bonds is 5. The van der Waals surface area contributed by atoms with Crippen LogP contribution in [-0.2, 0) is 0 Å². The van der Waals surface area contributed by atoms with Crippen LogP contribution in [0.15, 0.2) is 0 Å². The quantitative estimate of drug-likeness (QED) is 0.773. The summed E-state index contributed by atoms with van der Waals surface area (Å²) >= 11 is 0. The smallest absolute Gasteiger partial charge is 0.0613 e. The van der Waals surface area contributed by atoms with Crippen LogP contribution in [-0.4, -0.2) is 73.9 Å². The van der Waals surface area contributed by atoms with E-state index in [4.69, 9.17) is 0 Å². The van der Waals surface area contributed by atoms with Crippen LogP contribution in [0.4, 0.5) is 0 Å². The lowest BCUT2D eigenvalue weighted by Gasteiger charge is -2.37. The van der Waals surface area contributed by atoms with E-state index in [1.807, 2.05) is 7.05 Å². The van der Waals surface area contributed by atoms with Crippen LogP contribution in [0.1, 0.15) is 32.1 Å². The number of likely N-dealkylation sites (tertiary alicyclic amines) is 1. The van der Waals surface area contributed by atoms with Gasteiger partial charge in [0, 0.05) is 18.1 Å². The predicted molar refractivity (Wildman–Crippen MR) is 79.4 cm³/mol. The van der Waals surface area contributed by atoms with E-state index in [0.717, 1.165) is 18.8 Å². The molecule has 0 amide bonds. The van der Waals surface area contributed by atoms with E-state index in [2.05, 4.69) is 29.2 Å². The Morgan fingerprint density at radius 2 is 1.95 bits per heavy atom. The van der Waals surface area contributed by atoms with Gasteiger partial charge in [-0.15, -0.1) is 0 Å². The summed E-state index contributed by atoms with van der Waals surface area (Å²) in [6.07, 6.45) is 6.13. The van der Waals surface area contributed by atoms with E-state index in [9.17, 15) is 5.11 Å². The Bertz CT molecular complexity index is 271. The number of aliphatic hydroxyl groups excluding tert-OH is 1. The minimum atomic E-state index is -0.00878. The first kappa shape index (κ1) is 15.2. The van der Waals surface area contributed by atoms with Gasteiger partial charge in [-0.25, -0.2) is 0 Å². The summed E-state index contributed by atoms with van der Waals surface area (Å²) in [6.45, 7) is 4.00. The van der Waals surface area contributed by atoms with Crippen molar-refractivity contribution >= 4 is 0 Å². The molecule has 112 valence electrons. The molecule has 0 spiro atoms. The number of aliphatic hydroxyl groups is 1. The second-order valence-corrected chi connectivity index (χ2v) is 6.83. The fraction of sp³-hybridized carbons (Fsp3) is 1.00. The SMILES string of the molecule is CNC1(CO)CCC(N2CCC(CN(C)C)CC2)C1. The molecule has 0 bridgehead atoms. The Labute approximate surface area is 118 Å². The molecule has 0 radical (unpaired) electrons. The summed E-state index contributed by atoms with van der Waals surface area (Å²) < 4.78 is 0.